The number of hydrogen-bond acceptors (Lipinski definition) is 1. The molecule has 1 N–H and O–H groups in total. The normalized spacial score (nSPS) is 19.1. The largest absolute Gasteiger partial charge is 0.317 e. The van der Waals surface area contributed by atoms with Crippen molar-refractivity contribution >= 4 is 5.57 Å². The molecule has 1 heterocycles. The second-order valence-corrected chi connectivity index (χ2v) is 4.13. The van der Waals surface area contributed by atoms with Crippen LogP contribution < -0.4 is 5.32 Å². The molecule has 80 valence electrons. The number of nitrogens with one attached hydrogen (secondary N) is 1. The molecule has 1 aliphatic heterocycles. The van der Waals surface area contributed by atoms with Crippen molar-refractivity contribution in [2.24, 2.45) is 5.92 Å². The predicted octanol–water partition coefficient (Wildman–Crippen LogP) is 3.09. The lowest BCUT2D eigenvalue weighted by atomic mass is 9.85. The Hall–Kier alpha value is -1.08. The average Bonchev–Trinajstić information content (AvgIpc) is 2.33. The van der Waals surface area contributed by atoms with Gasteiger partial charge in [0.1, 0.15) is 0 Å². The van der Waals surface area contributed by atoms with Gasteiger partial charge in [-0.05, 0) is 49.9 Å². The molecule has 0 aliphatic carbocycles. The Kier molecular flexibility index (Phi) is 3.57. The van der Waals surface area contributed by atoms with Gasteiger partial charge in [-0.25, -0.2) is 0 Å². The third-order valence-corrected chi connectivity index (χ3v) is 3.20. The Balaban J connectivity index is 2.17. The van der Waals surface area contributed by atoms with Gasteiger partial charge in [0.15, 0.2) is 0 Å². The molecule has 1 saturated heterocycles. The van der Waals surface area contributed by atoms with Crippen LogP contribution in [0.4, 0.5) is 0 Å². The summed E-state index contributed by atoms with van der Waals surface area (Å²) in [5, 5.41) is 3.42. The first-order valence-corrected chi connectivity index (χ1v) is 5.84. The molecule has 0 radical (unpaired) electrons. The van der Waals surface area contributed by atoms with Gasteiger partial charge in [-0.2, -0.15) is 0 Å². The molecule has 1 fully saturated rings. The molecule has 0 bridgehead atoms. The van der Waals surface area contributed by atoms with Crippen molar-refractivity contribution in [3.63, 3.8) is 0 Å². The zero-order chi connectivity index (χ0) is 10.5. The summed E-state index contributed by atoms with van der Waals surface area (Å²) in [6.45, 7) is 4.48. The molecule has 0 amide bonds. The van der Waals surface area contributed by atoms with Gasteiger partial charge in [-0.1, -0.05) is 36.4 Å². The van der Waals surface area contributed by atoms with Gasteiger partial charge in [0.05, 0.1) is 0 Å². The monoisotopic (exact) mass is 201 g/mol. The summed E-state index contributed by atoms with van der Waals surface area (Å²) >= 11 is 0. The highest BCUT2D eigenvalue weighted by molar-refractivity contribution is 5.67. The fourth-order valence-corrected chi connectivity index (χ4v) is 2.40. The number of benzene rings is 1. The Morgan fingerprint density at radius 2 is 1.87 bits per heavy atom. The van der Waals surface area contributed by atoms with Crippen molar-refractivity contribution in [2.75, 3.05) is 13.1 Å². The van der Waals surface area contributed by atoms with Gasteiger partial charge in [-0.15, -0.1) is 0 Å². The van der Waals surface area contributed by atoms with Crippen molar-refractivity contribution in [2.45, 2.75) is 19.8 Å². The highest BCUT2D eigenvalue weighted by Crippen LogP contribution is 2.29. The third-order valence-electron chi connectivity index (χ3n) is 3.20. The number of rotatable bonds is 2. The van der Waals surface area contributed by atoms with Crippen LogP contribution in [0.1, 0.15) is 25.3 Å². The fourth-order valence-electron chi connectivity index (χ4n) is 2.40. The molecule has 1 aromatic carbocycles. The number of allylic oxidation sites excluding steroid dienone is 2. The molecule has 1 heteroatoms. The van der Waals surface area contributed by atoms with Crippen LogP contribution in [0, 0.1) is 5.92 Å². The Morgan fingerprint density at radius 1 is 1.20 bits per heavy atom. The lowest BCUT2D eigenvalue weighted by Crippen LogP contribution is -2.28. The quantitative estimate of drug-likeness (QED) is 0.775. The van der Waals surface area contributed by atoms with E-state index in [0.29, 0.717) is 0 Å². The highest BCUT2D eigenvalue weighted by atomic mass is 14.9. The second-order valence-electron chi connectivity index (χ2n) is 4.13. The maximum Gasteiger partial charge on any atom is -0.00431 e. The lowest BCUT2D eigenvalue weighted by molar-refractivity contribution is 0.446. The standard InChI is InChI=1S/C14H19N/c1-2-14(12-6-4-3-5-7-12)13-8-10-15-11-9-13/h2-7,13,15H,8-11H2,1H3/b14-2+. The Labute approximate surface area is 92.2 Å². The minimum absolute atomic E-state index is 0.749. The van der Waals surface area contributed by atoms with Crippen molar-refractivity contribution in [1.82, 2.24) is 5.32 Å². The maximum atomic E-state index is 3.42. The van der Waals surface area contributed by atoms with E-state index in [1.807, 2.05) is 0 Å². The minimum atomic E-state index is 0.749. The molecular formula is C14H19N. The van der Waals surface area contributed by atoms with E-state index in [1.165, 1.54) is 24.0 Å². The van der Waals surface area contributed by atoms with Gasteiger partial charge < -0.3 is 5.32 Å². The van der Waals surface area contributed by atoms with Crippen LogP contribution in [-0.2, 0) is 0 Å². The van der Waals surface area contributed by atoms with Crippen LogP contribution in [0.3, 0.4) is 0 Å². The average molecular weight is 201 g/mol. The van der Waals surface area contributed by atoms with Crippen molar-refractivity contribution in [1.29, 1.82) is 0 Å². The van der Waals surface area contributed by atoms with Crippen LogP contribution in [0.25, 0.3) is 5.57 Å². The van der Waals surface area contributed by atoms with E-state index in [-0.39, 0.29) is 0 Å². The van der Waals surface area contributed by atoms with Crippen LogP contribution in [-0.4, -0.2) is 13.1 Å². The third kappa shape index (κ3) is 2.48. The summed E-state index contributed by atoms with van der Waals surface area (Å²) in [4.78, 5) is 0. The Morgan fingerprint density at radius 3 is 2.47 bits per heavy atom. The summed E-state index contributed by atoms with van der Waals surface area (Å²) < 4.78 is 0. The second kappa shape index (κ2) is 5.13. The summed E-state index contributed by atoms with van der Waals surface area (Å²) in [6.07, 6.45) is 4.83. The summed E-state index contributed by atoms with van der Waals surface area (Å²) in [5.74, 6) is 0.749. The number of hydrogen-bond donors (Lipinski definition) is 1. The van der Waals surface area contributed by atoms with Gasteiger partial charge in [0, 0.05) is 0 Å². The summed E-state index contributed by atoms with van der Waals surface area (Å²) in [6, 6.07) is 10.8. The van der Waals surface area contributed by atoms with E-state index in [1.54, 1.807) is 0 Å². The smallest absolute Gasteiger partial charge is 0.00431 e. The van der Waals surface area contributed by atoms with Crippen molar-refractivity contribution in [3.05, 3.63) is 42.0 Å². The fraction of sp³-hybridized carbons (Fsp3) is 0.429. The molecule has 1 nitrogen and oxygen atoms in total. The van der Waals surface area contributed by atoms with Gasteiger partial charge in [0.2, 0.25) is 0 Å². The Bertz CT molecular complexity index is 320. The van der Waals surface area contributed by atoms with Gasteiger partial charge in [0.25, 0.3) is 0 Å². The van der Waals surface area contributed by atoms with Crippen molar-refractivity contribution < 1.29 is 0 Å². The van der Waals surface area contributed by atoms with Gasteiger partial charge in [-0.3, -0.25) is 0 Å². The zero-order valence-electron chi connectivity index (χ0n) is 9.37. The van der Waals surface area contributed by atoms with Crippen LogP contribution in [0.2, 0.25) is 0 Å². The van der Waals surface area contributed by atoms with E-state index in [4.69, 9.17) is 0 Å². The highest BCUT2D eigenvalue weighted by Gasteiger charge is 2.17. The van der Waals surface area contributed by atoms with E-state index in [9.17, 15) is 0 Å². The van der Waals surface area contributed by atoms with E-state index >= 15 is 0 Å². The topological polar surface area (TPSA) is 12.0 Å². The van der Waals surface area contributed by atoms with Crippen LogP contribution in [0.5, 0.6) is 0 Å². The van der Waals surface area contributed by atoms with Crippen LogP contribution >= 0.6 is 0 Å². The molecule has 0 spiro atoms. The van der Waals surface area contributed by atoms with E-state index in [0.717, 1.165) is 19.0 Å². The molecule has 0 aromatic heterocycles. The van der Waals surface area contributed by atoms with E-state index < -0.39 is 0 Å². The molecule has 15 heavy (non-hydrogen) atoms. The summed E-state index contributed by atoms with van der Waals surface area (Å²) in [7, 11) is 0. The lowest BCUT2D eigenvalue weighted by Gasteiger charge is -2.25. The van der Waals surface area contributed by atoms with E-state index in [2.05, 4.69) is 48.6 Å². The molecule has 2 rings (SSSR count). The van der Waals surface area contributed by atoms with Crippen LogP contribution in [0.15, 0.2) is 36.4 Å². The van der Waals surface area contributed by atoms with Crippen molar-refractivity contribution in [3.8, 4) is 0 Å². The first-order valence-electron chi connectivity index (χ1n) is 5.84. The molecule has 1 aliphatic rings. The molecule has 0 atom stereocenters. The minimum Gasteiger partial charge on any atom is -0.317 e. The zero-order valence-corrected chi connectivity index (χ0v) is 9.37. The molecule has 1 aromatic rings. The molecular weight excluding hydrogens is 182 g/mol. The predicted molar refractivity (Wildman–Crippen MR) is 65.7 cm³/mol. The molecule has 0 unspecified atom stereocenters. The molecule has 0 saturated carbocycles. The SMILES string of the molecule is C/C=C(\c1ccccc1)C1CCNCC1. The van der Waals surface area contributed by atoms with Gasteiger partial charge >= 0.3 is 0 Å². The maximum absolute atomic E-state index is 3.42. The first-order chi connectivity index (χ1) is 7.42. The first kappa shape index (κ1) is 10.4. The number of piperidine rings is 1. The summed E-state index contributed by atoms with van der Waals surface area (Å²) in [5.41, 5.74) is 2.92.